The summed E-state index contributed by atoms with van der Waals surface area (Å²) in [5.74, 6) is -0.600. The first kappa shape index (κ1) is 64.3. The highest BCUT2D eigenvalue weighted by Crippen LogP contribution is 2.15. The molecule has 0 radical (unpaired) electrons. The number of unbranched alkanes of at least 4 members (excludes halogenated alkanes) is 22. The molecule has 1 unspecified atom stereocenters. The molecule has 0 aliphatic carbocycles. The van der Waals surface area contributed by atoms with E-state index in [9.17, 15) is 14.7 Å². The summed E-state index contributed by atoms with van der Waals surface area (Å²) in [7, 11) is 0. The summed E-state index contributed by atoms with van der Waals surface area (Å²) in [5.41, 5.74) is 0. The minimum atomic E-state index is -0.784. The number of allylic oxidation sites excluding steroid dienone is 20. The van der Waals surface area contributed by atoms with Crippen LogP contribution in [0.1, 0.15) is 245 Å². The normalized spacial score (nSPS) is 13.2. The average molecular weight is 942 g/mol. The smallest absolute Gasteiger partial charge is 0.306 e. The maximum atomic E-state index is 12.3. The molecule has 0 aromatic heterocycles. The summed E-state index contributed by atoms with van der Waals surface area (Å²) in [5, 5.41) is 9.66. The first-order valence-electron chi connectivity index (χ1n) is 28.1. The third-order valence-electron chi connectivity index (χ3n) is 11.8. The van der Waals surface area contributed by atoms with E-state index in [1.807, 2.05) is 0 Å². The number of carbonyl (C=O) groups is 2. The van der Waals surface area contributed by atoms with Crippen molar-refractivity contribution in [3.63, 3.8) is 0 Å². The molecular weight excluding hydrogens is 837 g/mol. The molecule has 0 saturated carbocycles. The number of carbonyl (C=O) groups excluding carboxylic acids is 2. The number of hydrogen-bond donors (Lipinski definition) is 1. The largest absolute Gasteiger partial charge is 0.462 e. The summed E-state index contributed by atoms with van der Waals surface area (Å²) in [6.07, 6.45) is 84.4. The highest BCUT2D eigenvalue weighted by Gasteiger charge is 2.16. The minimum Gasteiger partial charge on any atom is -0.462 e. The van der Waals surface area contributed by atoms with Crippen molar-refractivity contribution in [2.75, 3.05) is 13.2 Å². The van der Waals surface area contributed by atoms with Gasteiger partial charge in [-0.05, 0) is 103 Å². The molecule has 5 nitrogen and oxygen atoms in total. The Hall–Kier alpha value is -3.70. The van der Waals surface area contributed by atoms with Crippen molar-refractivity contribution in [3.05, 3.63) is 122 Å². The molecule has 0 heterocycles. The Morgan fingerprint density at radius 1 is 0.338 bits per heavy atom. The third kappa shape index (κ3) is 54.9. The van der Waals surface area contributed by atoms with E-state index >= 15 is 0 Å². The van der Waals surface area contributed by atoms with Crippen LogP contribution in [0.2, 0.25) is 0 Å². The molecule has 386 valence electrons. The van der Waals surface area contributed by atoms with E-state index in [-0.39, 0.29) is 25.2 Å². The van der Waals surface area contributed by atoms with E-state index in [2.05, 4.69) is 135 Å². The van der Waals surface area contributed by atoms with Gasteiger partial charge in [0.05, 0.1) is 6.61 Å². The number of aliphatic hydroxyl groups is 1. The van der Waals surface area contributed by atoms with Gasteiger partial charge in [-0.2, -0.15) is 0 Å². The SMILES string of the molecule is CC/C=C\C/C=C\C/C=C\C/C=C\C/C=C\C/C=C\CCCCCCCCCCCCC(=O)OC(CO)COC(=O)CCCCCCCCCCCCCC/C=C\C/C=C\C/C=C\C/C=C\CC. The van der Waals surface area contributed by atoms with E-state index in [0.29, 0.717) is 12.8 Å². The van der Waals surface area contributed by atoms with Gasteiger partial charge in [0.25, 0.3) is 0 Å². The Bertz CT molecular complexity index is 1390. The van der Waals surface area contributed by atoms with Crippen LogP contribution in [-0.2, 0) is 19.1 Å². The topological polar surface area (TPSA) is 72.8 Å². The van der Waals surface area contributed by atoms with Crippen LogP contribution < -0.4 is 0 Å². The van der Waals surface area contributed by atoms with E-state index < -0.39 is 6.10 Å². The van der Waals surface area contributed by atoms with Crippen LogP contribution in [0.15, 0.2) is 122 Å². The fourth-order valence-electron chi connectivity index (χ4n) is 7.61. The highest BCUT2D eigenvalue weighted by atomic mass is 16.6. The van der Waals surface area contributed by atoms with Gasteiger partial charge in [-0.15, -0.1) is 0 Å². The first-order chi connectivity index (χ1) is 33.6. The zero-order chi connectivity index (χ0) is 49.2. The summed E-state index contributed by atoms with van der Waals surface area (Å²) < 4.78 is 10.7. The first-order valence-corrected chi connectivity index (χ1v) is 28.1. The lowest BCUT2D eigenvalue weighted by Crippen LogP contribution is -2.28. The molecule has 0 fully saturated rings. The van der Waals surface area contributed by atoms with Gasteiger partial charge < -0.3 is 14.6 Å². The van der Waals surface area contributed by atoms with Crippen LogP contribution in [0, 0.1) is 0 Å². The summed E-state index contributed by atoms with van der Waals surface area (Å²) in [6, 6.07) is 0. The fraction of sp³-hybridized carbons (Fsp3) is 0.651. The summed E-state index contributed by atoms with van der Waals surface area (Å²) in [6.45, 7) is 3.92. The van der Waals surface area contributed by atoms with Crippen LogP contribution in [0.3, 0.4) is 0 Å². The maximum Gasteiger partial charge on any atom is 0.306 e. The predicted molar refractivity (Wildman–Crippen MR) is 297 cm³/mol. The number of esters is 2. The van der Waals surface area contributed by atoms with Gasteiger partial charge in [0.2, 0.25) is 0 Å². The number of aliphatic hydroxyl groups excluding tert-OH is 1. The van der Waals surface area contributed by atoms with Gasteiger partial charge in [-0.3, -0.25) is 9.59 Å². The zero-order valence-electron chi connectivity index (χ0n) is 44.1. The second kappa shape index (κ2) is 57.6. The standard InChI is InChI=1S/C63H104O5/c1-3-5-7-9-11-13-15-17-19-21-23-25-27-29-30-31-32-34-36-38-40-42-44-46-48-50-52-54-56-58-63(66)68-61(59-64)60-67-62(65)57-55-53-51-49-47-45-43-41-39-37-35-33-28-26-24-22-20-18-16-14-12-10-8-6-4-2/h5-8,11-14,17-20,23-26,29-30,32,34,61,64H,3-4,9-10,15-16,21-22,27-28,31,33,35-60H2,1-2H3/b7-5-,8-6-,13-11-,14-12-,19-17-,20-18-,25-23-,26-24-,30-29-,34-32-. The molecule has 0 aliphatic heterocycles. The van der Waals surface area contributed by atoms with Crippen molar-refractivity contribution >= 4 is 11.9 Å². The second-order valence-electron chi connectivity index (χ2n) is 18.2. The maximum absolute atomic E-state index is 12.3. The van der Waals surface area contributed by atoms with Crippen molar-refractivity contribution in [2.45, 2.75) is 251 Å². The van der Waals surface area contributed by atoms with E-state index in [1.54, 1.807) is 0 Å². The van der Waals surface area contributed by atoms with Crippen molar-refractivity contribution < 1.29 is 24.2 Å². The lowest BCUT2D eigenvalue weighted by atomic mass is 10.0. The van der Waals surface area contributed by atoms with Gasteiger partial charge in [0.15, 0.2) is 6.10 Å². The molecule has 1 N–H and O–H groups in total. The highest BCUT2D eigenvalue weighted by molar-refractivity contribution is 5.70. The van der Waals surface area contributed by atoms with Crippen molar-refractivity contribution in [3.8, 4) is 0 Å². The van der Waals surface area contributed by atoms with Gasteiger partial charge in [-0.1, -0.05) is 251 Å². The summed E-state index contributed by atoms with van der Waals surface area (Å²) >= 11 is 0. The minimum absolute atomic E-state index is 0.0745. The molecular formula is C63H104O5. The van der Waals surface area contributed by atoms with E-state index in [4.69, 9.17) is 9.47 Å². The molecule has 68 heavy (non-hydrogen) atoms. The lowest BCUT2D eigenvalue weighted by Gasteiger charge is -2.15. The van der Waals surface area contributed by atoms with Crippen molar-refractivity contribution in [1.29, 1.82) is 0 Å². The quantitative estimate of drug-likeness (QED) is 0.0374. The van der Waals surface area contributed by atoms with Gasteiger partial charge >= 0.3 is 11.9 Å². The van der Waals surface area contributed by atoms with Crippen molar-refractivity contribution in [1.82, 2.24) is 0 Å². The average Bonchev–Trinajstić information content (AvgIpc) is 3.34. The Balaban J connectivity index is 3.54. The van der Waals surface area contributed by atoms with Crippen molar-refractivity contribution in [2.24, 2.45) is 0 Å². The molecule has 0 rings (SSSR count). The number of ether oxygens (including phenoxy) is 2. The molecule has 0 spiro atoms. The van der Waals surface area contributed by atoms with Crippen LogP contribution >= 0.6 is 0 Å². The Labute approximate surface area is 420 Å². The van der Waals surface area contributed by atoms with Crippen LogP contribution in [-0.4, -0.2) is 36.4 Å². The summed E-state index contributed by atoms with van der Waals surface area (Å²) in [4.78, 5) is 24.5. The van der Waals surface area contributed by atoms with Gasteiger partial charge in [0.1, 0.15) is 6.61 Å². The molecule has 0 aliphatic rings. The molecule has 0 aromatic rings. The third-order valence-corrected chi connectivity index (χ3v) is 11.8. The molecule has 0 amide bonds. The Kier molecular flexibility index (Phi) is 54.5. The molecule has 5 heteroatoms. The second-order valence-corrected chi connectivity index (χ2v) is 18.2. The van der Waals surface area contributed by atoms with Crippen LogP contribution in [0.4, 0.5) is 0 Å². The zero-order valence-corrected chi connectivity index (χ0v) is 44.1. The number of rotatable bonds is 50. The molecule has 0 saturated heterocycles. The van der Waals surface area contributed by atoms with E-state index in [0.717, 1.165) is 103 Å². The van der Waals surface area contributed by atoms with Gasteiger partial charge in [0, 0.05) is 12.8 Å². The van der Waals surface area contributed by atoms with Crippen LogP contribution in [0.25, 0.3) is 0 Å². The molecule has 1 atom stereocenters. The monoisotopic (exact) mass is 941 g/mol. The fourth-order valence-corrected chi connectivity index (χ4v) is 7.61. The number of hydrogen-bond acceptors (Lipinski definition) is 5. The Morgan fingerprint density at radius 2 is 0.588 bits per heavy atom. The van der Waals surface area contributed by atoms with E-state index in [1.165, 1.54) is 116 Å². The lowest BCUT2D eigenvalue weighted by molar-refractivity contribution is -0.161. The molecule has 0 aromatic carbocycles. The van der Waals surface area contributed by atoms with Gasteiger partial charge in [-0.25, -0.2) is 0 Å². The van der Waals surface area contributed by atoms with Crippen LogP contribution in [0.5, 0.6) is 0 Å². The molecule has 0 bridgehead atoms. The predicted octanol–water partition coefficient (Wildman–Crippen LogP) is 19.1. The Morgan fingerprint density at radius 3 is 0.882 bits per heavy atom.